The normalized spacial score (nSPS) is 18.6. The van der Waals surface area contributed by atoms with Gasteiger partial charge in [0.05, 0.1) is 5.69 Å². The van der Waals surface area contributed by atoms with Crippen LogP contribution >= 0.6 is 11.3 Å². The summed E-state index contributed by atoms with van der Waals surface area (Å²) < 4.78 is 2.24. The molecular formula is C15H24N4S. The van der Waals surface area contributed by atoms with Crippen molar-refractivity contribution in [3.8, 4) is 0 Å². The zero-order valence-electron chi connectivity index (χ0n) is 12.8. The molecular weight excluding hydrogens is 268 g/mol. The molecule has 5 heteroatoms. The Balaban J connectivity index is 1.93. The Morgan fingerprint density at radius 3 is 2.90 bits per heavy atom. The van der Waals surface area contributed by atoms with E-state index < -0.39 is 0 Å². The van der Waals surface area contributed by atoms with Crippen molar-refractivity contribution >= 4 is 22.1 Å². The van der Waals surface area contributed by atoms with Crippen molar-refractivity contribution in [1.82, 2.24) is 14.7 Å². The number of fused-ring (bicyclic) bond motifs is 1. The van der Waals surface area contributed by atoms with Crippen molar-refractivity contribution in [2.24, 2.45) is 5.41 Å². The summed E-state index contributed by atoms with van der Waals surface area (Å²) in [5, 5.41) is 5.64. The number of nitrogens with one attached hydrogen (secondary N) is 1. The fraction of sp³-hybridized carbons (Fsp3) is 0.667. The molecule has 0 radical (unpaired) electrons. The Hall–Kier alpha value is -1.07. The second-order valence-corrected chi connectivity index (χ2v) is 7.68. The molecule has 1 saturated heterocycles. The Bertz CT molecular complexity index is 596. The number of thiazole rings is 1. The molecule has 0 atom stereocenters. The van der Waals surface area contributed by atoms with Gasteiger partial charge < -0.3 is 10.2 Å². The Kier molecular flexibility index (Phi) is 3.50. The monoisotopic (exact) mass is 292 g/mol. The standard InChI is InChI=1S/C15H24N4S/c1-11(2)16-9-12-13(17-14-19(12)7-8-20-14)18-6-5-15(3,4)10-18/h7-8,11,16H,5-6,9-10H2,1-4H3. The Morgan fingerprint density at radius 1 is 1.45 bits per heavy atom. The van der Waals surface area contributed by atoms with E-state index in [9.17, 15) is 0 Å². The van der Waals surface area contributed by atoms with Crippen LogP contribution in [-0.4, -0.2) is 28.5 Å². The molecule has 1 aliphatic heterocycles. The summed E-state index contributed by atoms with van der Waals surface area (Å²) >= 11 is 1.71. The molecule has 1 fully saturated rings. The van der Waals surface area contributed by atoms with Crippen LogP contribution in [0.25, 0.3) is 4.96 Å². The zero-order chi connectivity index (χ0) is 14.3. The second-order valence-electron chi connectivity index (χ2n) is 6.81. The average molecular weight is 292 g/mol. The summed E-state index contributed by atoms with van der Waals surface area (Å²) in [7, 11) is 0. The largest absolute Gasteiger partial charge is 0.354 e. The summed E-state index contributed by atoms with van der Waals surface area (Å²) in [6, 6.07) is 0.488. The lowest BCUT2D eigenvalue weighted by Gasteiger charge is -2.21. The third-order valence-corrected chi connectivity index (χ3v) is 4.75. The molecule has 0 spiro atoms. The van der Waals surface area contributed by atoms with Gasteiger partial charge in [0.25, 0.3) is 0 Å². The van der Waals surface area contributed by atoms with Gasteiger partial charge in [-0.2, -0.15) is 0 Å². The van der Waals surface area contributed by atoms with Crippen LogP contribution in [0.15, 0.2) is 11.6 Å². The van der Waals surface area contributed by atoms with Crippen LogP contribution in [0.2, 0.25) is 0 Å². The van der Waals surface area contributed by atoms with Gasteiger partial charge >= 0.3 is 0 Å². The SMILES string of the molecule is CC(C)NCc1c(N2CCC(C)(C)C2)nc2sccn12. The molecule has 2 aromatic heterocycles. The van der Waals surface area contributed by atoms with E-state index in [1.54, 1.807) is 11.3 Å². The highest BCUT2D eigenvalue weighted by atomic mass is 32.1. The Labute approximate surface area is 124 Å². The maximum absolute atomic E-state index is 4.87. The van der Waals surface area contributed by atoms with Crippen LogP contribution in [-0.2, 0) is 6.54 Å². The molecule has 4 nitrogen and oxygen atoms in total. The van der Waals surface area contributed by atoms with Crippen LogP contribution in [0.4, 0.5) is 5.82 Å². The molecule has 1 N–H and O–H groups in total. The van der Waals surface area contributed by atoms with E-state index in [4.69, 9.17) is 4.98 Å². The molecule has 0 unspecified atom stereocenters. The minimum absolute atomic E-state index is 0.403. The number of anilines is 1. The molecule has 110 valence electrons. The van der Waals surface area contributed by atoms with Crippen molar-refractivity contribution in [3.63, 3.8) is 0 Å². The van der Waals surface area contributed by atoms with Gasteiger partial charge in [-0.3, -0.25) is 4.40 Å². The number of nitrogens with zero attached hydrogens (tertiary/aromatic N) is 3. The number of rotatable bonds is 4. The van der Waals surface area contributed by atoms with Crippen molar-refractivity contribution in [1.29, 1.82) is 0 Å². The number of aromatic nitrogens is 2. The van der Waals surface area contributed by atoms with E-state index in [-0.39, 0.29) is 0 Å². The number of hydrogen-bond acceptors (Lipinski definition) is 4. The highest BCUT2D eigenvalue weighted by Crippen LogP contribution is 2.34. The maximum atomic E-state index is 4.87. The van der Waals surface area contributed by atoms with Gasteiger partial charge in [0, 0.05) is 37.3 Å². The summed E-state index contributed by atoms with van der Waals surface area (Å²) in [6.45, 7) is 12.2. The van der Waals surface area contributed by atoms with Gasteiger partial charge in [-0.1, -0.05) is 27.7 Å². The first-order valence-electron chi connectivity index (χ1n) is 7.39. The molecule has 3 heterocycles. The van der Waals surface area contributed by atoms with E-state index in [2.05, 4.69) is 53.9 Å². The molecule has 20 heavy (non-hydrogen) atoms. The van der Waals surface area contributed by atoms with E-state index >= 15 is 0 Å². The van der Waals surface area contributed by atoms with E-state index in [1.807, 2.05) is 0 Å². The topological polar surface area (TPSA) is 32.6 Å². The van der Waals surface area contributed by atoms with E-state index in [1.165, 1.54) is 17.9 Å². The first kappa shape index (κ1) is 13.9. The molecule has 0 aliphatic carbocycles. The van der Waals surface area contributed by atoms with Crippen molar-refractivity contribution < 1.29 is 0 Å². The van der Waals surface area contributed by atoms with Gasteiger partial charge in [-0.15, -0.1) is 11.3 Å². The van der Waals surface area contributed by atoms with Crippen LogP contribution < -0.4 is 10.2 Å². The van der Waals surface area contributed by atoms with Gasteiger partial charge in [0.1, 0.15) is 0 Å². The van der Waals surface area contributed by atoms with E-state index in [0.29, 0.717) is 11.5 Å². The van der Waals surface area contributed by atoms with Crippen LogP contribution in [0.5, 0.6) is 0 Å². The van der Waals surface area contributed by atoms with Gasteiger partial charge in [-0.05, 0) is 11.8 Å². The number of hydrogen-bond donors (Lipinski definition) is 1. The highest BCUT2D eigenvalue weighted by Gasteiger charge is 2.32. The minimum atomic E-state index is 0.403. The van der Waals surface area contributed by atoms with Crippen molar-refractivity contribution in [3.05, 3.63) is 17.3 Å². The molecule has 2 aromatic rings. The molecule has 0 aromatic carbocycles. The lowest BCUT2D eigenvalue weighted by atomic mass is 9.93. The highest BCUT2D eigenvalue weighted by molar-refractivity contribution is 7.15. The predicted molar refractivity (Wildman–Crippen MR) is 85.7 cm³/mol. The smallest absolute Gasteiger partial charge is 0.195 e. The molecule has 1 aliphatic rings. The number of imidazole rings is 1. The van der Waals surface area contributed by atoms with Gasteiger partial charge in [0.2, 0.25) is 0 Å². The van der Waals surface area contributed by atoms with Crippen LogP contribution in [0, 0.1) is 5.41 Å². The molecule has 3 rings (SSSR count). The third kappa shape index (κ3) is 2.56. The fourth-order valence-corrected chi connectivity index (χ4v) is 3.56. The van der Waals surface area contributed by atoms with Gasteiger partial charge in [-0.25, -0.2) is 4.98 Å². The first-order valence-corrected chi connectivity index (χ1v) is 8.27. The molecule has 0 bridgehead atoms. The fourth-order valence-electron chi connectivity index (χ4n) is 2.83. The first-order chi connectivity index (χ1) is 9.46. The molecule has 0 amide bonds. The van der Waals surface area contributed by atoms with Crippen LogP contribution in [0.3, 0.4) is 0 Å². The van der Waals surface area contributed by atoms with Crippen molar-refractivity contribution in [2.45, 2.75) is 46.7 Å². The quantitative estimate of drug-likeness (QED) is 0.939. The van der Waals surface area contributed by atoms with Crippen LogP contribution in [0.1, 0.15) is 39.8 Å². The molecule has 0 saturated carbocycles. The lowest BCUT2D eigenvalue weighted by Crippen LogP contribution is -2.27. The second kappa shape index (κ2) is 5.04. The lowest BCUT2D eigenvalue weighted by molar-refractivity contribution is 0.418. The maximum Gasteiger partial charge on any atom is 0.195 e. The summed E-state index contributed by atoms with van der Waals surface area (Å²) in [4.78, 5) is 8.42. The zero-order valence-corrected chi connectivity index (χ0v) is 13.6. The summed E-state index contributed by atoms with van der Waals surface area (Å²) in [5.74, 6) is 1.18. The summed E-state index contributed by atoms with van der Waals surface area (Å²) in [5.41, 5.74) is 1.70. The Morgan fingerprint density at radius 2 is 2.25 bits per heavy atom. The predicted octanol–water partition coefficient (Wildman–Crippen LogP) is 3.13. The average Bonchev–Trinajstić information content (AvgIpc) is 2.99. The van der Waals surface area contributed by atoms with Crippen molar-refractivity contribution in [2.75, 3.05) is 18.0 Å². The third-order valence-electron chi connectivity index (χ3n) is 3.99. The van der Waals surface area contributed by atoms with Gasteiger partial charge in [0.15, 0.2) is 10.8 Å². The summed E-state index contributed by atoms with van der Waals surface area (Å²) in [6.07, 6.45) is 3.38. The van der Waals surface area contributed by atoms with E-state index in [0.717, 1.165) is 24.6 Å². The minimum Gasteiger partial charge on any atom is -0.354 e.